The number of benzene rings is 1. The number of nitrogens with two attached hydrogens (primary N) is 1. The number of nitrogens with zero attached hydrogens (tertiary/aromatic N) is 2. The number of imidazole rings is 1. The minimum Gasteiger partial charge on any atom is -0.329 e. The van der Waals surface area contributed by atoms with E-state index in [0.717, 1.165) is 28.1 Å². The topological polar surface area (TPSA) is 43.8 Å². The van der Waals surface area contributed by atoms with E-state index in [-0.39, 0.29) is 0 Å². The lowest BCUT2D eigenvalue weighted by Gasteiger charge is -2.05. The van der Waals surface area contributed by atoms with Crippen LogP contribution in [-0.4, -0.2) is 9.55 Å². The fourth-order valence-corrected chi connectivity index (χ4v) is 2.46. The van der Waals surface area contributed by atoms with E-state index in [4.69, 9.17) is 5.73 Å². The molecular weight excluding hydrogens is 278 g/mol. The first kappa shape index (κ1) is 12.3. The Bertz CT molecular complexity index is 514. The third kappa shape index (κ3) is 2.28. The number of hydrogen-bond donors (Lipinski definition) is 1. The molecule has 2 rings (SSSR count). The molecule has 0 atom stereocenters. The van der Waals surface area contributed by atoms with E-state index in [2.05, 4.69) is 52.1 Å². The van der Waals surface area contributed by atoms with Gasteiger partial charge in [0.05, 0.1) is 5.69 Å². The fraction of sp³-hybridized carbons (Fsp3) is 0.308. The highest BCUT2D eigenvalue weighted by atomic mass is 79.9. The van der Waals surface area contributed by atoms with Crippen molar-refractivity contribution in [3.05, 3.63) is 40.1 Å². The number of rotatable bonds is 3. The summed E-state index contributed by atoms with van der Waals surface area (Å²) in [7, 11) is 1.99. The monoisotopic (exact) mass is 293 g/mol. The predicted molar refractivity (Wildman–Crippen MR) is 73.6 cm³/mol. The number of hydrogen-bond acceptors (Lipinski definition) is 2. The standard InChI is InChI=1S/C13H16BrN3/c1-3-9-4-6-10(7-5-9)13-16-12(14)11(8-15)17(13)2/h4-7H,3,8,15H2,1-2H3. The number of aromatic nitrogens is 2. The zero-order valence-electron chi connectivity index (χ0n) is 10.1. The first-order chi connectivity index (χ1) is 8.17. The lowest BCUT2D eigenvalue weighted by molar-refractivity contribution is 0.825. The van der Waals surface area contributed by atoms with Crippen LogP contribution in [0.4, 0.5) is 0 Å². The van der Waals surface area contributed by atoms with Gasteiger partial charge >= 0.3 is 0 Å². The molecule has 1 heterocycles. The van der Waals surface area contributed by atoms with Crippen LogP contribution in [0.15, 0.2) is 28.9 Å². The van der Waals surface area contributed by atoms with Crippen LogP contribution < -0.4 is 5.73 Å². The Hall–Kier alpha value is -1.13. The molecule has 2 aromatic rings. The molecule has 0 amide bonds. The maximum Gasteiger partial charge on any atom is 0.141 e. The SMILES string of the molecule is CCc1ccc(-c2nc(Br)c(CN)n2C)cc1. The summed E-state index contributed by atoms with van der Waals surface area (Å²) in [5.41, 5.74) is 9.16. The second-order valence-electron chi connectivity index (χ2n) is 3.99. The molecule has 2 N–H and O–H groups in total. The third-order valence-electron chi connectivity index (χ3n) is 2.98. The normalized spacial score (nSPS) is 10.8. The van der Waals surface area contributed by atoms with Crippen LogP contribution in [0, 0.1) is 0 Å². The van der Waals surface area contributed by atoms with E-state index in [9.17, 15) is 0 Å². The van der Waals surface area contributed by atoms with Gasteiger partial charge in [-0.15, -0.1) is 0 Å². The van der Waals surface area contributed by atoms with Gasteiger partial charge < -0.3 is 10.3 Å². The summed E-state index contributed by atoms with van der Waals surface area (Å²) >= 11 is 3.44. The van der Waals surface area contributed by atoms with Crippen molar-refractivity contribution < 1.29 is 0 Å². The molecule has 0 radical (unpaired) electrons. The molecule has 1 aromatic carbocycles. The van der Waals surface area contributed by atoms with E-state index in [1.807, 2.05) is 11.6 Å². The number of aryl methyl sites for hydroxylation is 1. The van der Waals surface area contributed by atoms with E-state index >= 15 is 0 Å². The molecule has 0 aliphatic carbocycles. The lowest BCUT2D eigenvalue weighted by atomic mass is 10.1. The van der Waals surface area contributed by atoms with Gasteiger partial charge in [0.25, 0.3) is 0 Å². The maximum absolute atomic E-state index is 5.70. The summed E-state index contributed by atoms with van der Waals surface area (Å²) in [6.45, 7) is 2.63. The Morgan fingerprint density at radius 2 is 1.94 bits per heavy atom. The molecule has 0 bridgehead atoms. The minimum atomic E-state index is 0.483. The molecule has 0 fully saturated rings. The predicted octanol–water partition coefficient (Wildman–Crippen LogP) is 2.87. The van der Waals surface area contributed by atoms with Gasteiger partial charge in [-0.2, -0.15) is 0 Å². The van der Waals surface area contributed by atoms with Crippen molar-refractivity contribution in [2.75, 3.05) is 0 Å². The summed E-state index contributed by atoms with van der Waals surface area (Å²) < 4.78 is 2.86. The molecule has 0 saturated heterocycles. The van der Waals surface area contributed by atoms with Gasteiger partial charge in [0.2, 0.25) is 0 Å². The summed E-state index contributed by atoms with van der Waals surface area (Å²) in [6.07, 6.45) is 1.05. The number of halogens is 1. The second-order valence-corrected chi connectivity index (χ2v) is 4.74. The lowest BCUT2D eigenvalue weighted by Crippen LogP contribution is -2.04. The van der Waals surface area contributed by atoms with Gasteiger partial charge in [-0.1, -0.05) is 31.2 Å². The highest BCUT2D eigenvalue weighted by molar-refractivity contribution is 9.10. The molecule has 0 spiro atoms. The van der Waals surface area contributed by atoms with Crippen molar-refractivity contribution >= 4 is 15.9 Å². The molecule has 4 heteroatoms. The van der Waals surface area contributed by atoms with E-state index < -0.39 is 0 Å². The molecule has 0 aliphatic rings. The Labute approximate surface area is 110 Å². The molecule has 0 saturated carbocycles. The summed E-state index contributed by atoms with van der Waals surface area (Å²) in [4.78, 5) is 4.51. The van der Waals surface area contributed by atoms with Gasteiger partial charge in [0.15, 0.2) is 0 Å². The van der Waals surface area contributed by atoms with Crippen molar-refractivity contribution in [1.82, 2.24) is 9.55 Å². The van der Waals surface area contributed by atoms with Crippen molar-refractivity contribution in [3.8, 4) is 11.4 Å². The van der Waals surface area contributed by atoms with Gasteiger partial charge in [-0.25, -0.2) is 4.98 Å². The second kappa shape index (κ2) is 5.02. The van der Waals surface area contributed by atoms with Crippen molar-refractivity contribution in [2.45, 2.75) is 19.9 Å². The van der Waals surface area contributed by atoms with E-state index in [0.29, 0.717) is 6.54 Å². The zero-order valence-corrected chi connectivity index (χ0v) is 11.7. The van der Waals surface area contributed by atoms with Crippen LogP contribution in [0.2, 0.25) is 0 Å². The Kier molecular flexibility index (Phi) is 3.64. The maximum atomic E-state index is 5.70. The summed E-state index contributed by atoms with van der Waals surface area (Å²) in [5, 5.41) is 0. The van der Waals surface area contributed by atoms with Gasteiger partial charge in [0, 0.05) is 19.2 Å². The van der Waals surface area contributed by atoms with Crippen LogP contribution in [0.3, 0.4) is 0 Å². The van der Waals surface area contributed by atoms with Gasteiger partial charge in [0.1, 0.15) is 10.4 Å². The van der Waals surface area contributed by atoms with Crippen LogP contribution >= 0.6 is 15.9 Å². The molecule has 17 heavy (non-hydrogen) atoms. The smallest absolute Gasteiger partial charge is 0.141 e. The minimum absolute atomic E-state index is 0.483. The molecule has 90 valence electrons. The molecular formula is C13H16BrN3. The first-order valence-electron chi connectivity index (χ1n) is 5.67. The van der Waals surface area contributed by atoms with Crippen LogP contribution in [-0.2, 0) is 20.0 Å². The molecule has 1 aromatic heterocycles. The highest BCUT2D eigenvalue weighted by Crippen LogP contribution is 2.24. The van der Waals surface area contributed by atoms with Crippen molar-refractivity contribution in [2.24, 2.45) is 12.8 Å². The quantitative estimate of drug-likeness (QED) is 0.946. The highest BCUT2D eigenvalue weighted by Gasteiger charge is 2.12. The van der Waals surface area contributed by atoms with E-state index in [1.165, 1.54) is 5.56 Å². The molecule has 3 nitrogen and oxygen atoms in total. The largest absolute Gasteiger partial charge is 0.329 e. The average Bonchev–Trinajstić information content (AvgIpc) is 2.64. The molecule has 0 unspecified atom stereocenters. The van der Waals surface area contributed by atoms with E-state index in [1.54, 1.807) is 0 Å². The Balaban J connectivity index is 2.45. The Morgan fingerprint density at radius 1 is 1.29 bits per heavy atom. The van der Waals surface area contributed by atoms with Gasteiger partial charge in [-0.3, -0.25) is 0 Å². The van der Waals surface area contributed by atoms with Crippen LogP contribution in [0.25, 0.3) is 11.4 Å². The third-order valence-corrected chi connectivity index (χ3v) is 3.61. The molecule has 0 aliphatic heterocycles. The Morgan fingerprint density at radius 3 is 2.41 bits per heavy atom. The fourth-order valence-electron chi connectivity index (χ4n) is 1.87. The van der Waals surface area contributed by atoms with Crippen molar-refractivity contribution in [1.29, 1.82) is 0 Å². The average molecular weight is 294 g/mol. The van der Waals surface area contributed by atoms with Crippen molar-refractivity contribution in [3.63, 3.8) is 0 Å². The zero-order chi connectivity index (χ0) is 12.4. The first-order valence-corrected chi connectivity index (χ1v) is 6.47. The van der Waals surface area contributed by atoms with Crippen LogP contribution in [0.1, 0.15) is 18.2 Å². The van der Waals surface area contributed by atoms with Crippen LogP contribution in [0.5, 0.6) is 0 Å². The summed E-state index contributed by atoms with van der Waals surface area (Å²) in [6, 6.07) is 8.49. The summed E-state index contributed by atoms with van der Waals surface area (Å²) in [5.74, 6) is 0.944. The van der Waals surface area contributed by atoms with Gasteiger partial charge in [-0.05, 0) is 27.9 Å².